The van der Waals surface area contributed by atoms with Gasteiger partial charge in [0.05, 0.1) is 12.0 Å². The van der Waals surface area contributed by atoms with E-state index in [1.54, 1.807) is 6.26 Å². The molecule has 3 N–H and O–H groups in total. The first kappa shape index (κ1) is 12.5. The van der Waals surface area contributed by atoms with Crippen LogP contribution in [0.25, 0.3) is 11.3 Å². The lowest BCUT2D eigenvalue weighted by Crippen LogP contribution is -2.00. The molecule has 0 spiro atoms. The van der Waals surface area contributed by atoms with Crippen molar-refractivity contribution in [1.82, 2.24) is 9.97 Å². The fourth-order valence-electron chi connectivity index (χ4n) is 2.76. The van der Waals surface area contributed by atoms with Gasteiger partial charge < -0.3 is 15.1 Å². The van der Waals surface area contributed by atoms with Gasteiger partial charge in [-0.1, -0.05) is 12.8 Å². The SMILES string of the molecule is NCCCCCCc1nc2c([nH]1)CCc1occc1-2. The molecule has 1 aliphatic rings. The van der Waals surface area contributed by atoms with Gasteiger partial charge >= 0.3 is 0 Å². The van der Waals surface area contributed by atoms with E-state index in [4.69, 9.17) is 15.1 Å². The number of unbranched alkanes of at least 4 members (excludes halogenated alkanes) is 3. The monoisotopic (exact) mass is 259 g/mol. The molecule has 4 nitrogen and oxygen atoms in total. The van der Waals surface area contributed by atoms with Crippen molar-refractivity contribution in [2.24, 2.45) is 5.73 Å². The maximum atomic E-state index is 5.50. The summed E-state index contributed by atoms with van der Waals surface area (Å²) < 4.78 is 5.48. The molecule has 1 aliphatic carbocycles. The fourth-order valence-corrected chi connectivity index (χ4v) is 2.76. The molecule has 2 aromatic rings. The van der Waals surface area contributed by atoms with Gasteiger partial charge in [0, 0.05) is 24.1 Å². The van der Waals surface area contributed by atoms with Crippen molar-refractivity contribution in [2.45, 2.75) is 44.9 Å². The molecule has 0 saturated heterocycles. The molecule has 19 heavy (non-hydrogen) atoms. The maximum Gasteiger partial charge on any atom is 0.113 e. The molecular weight excluding hydrogens is 238 g/mol. The predicted molar refractivity (Wildman–Crippen MR) is 74.9 cm³/mol. The fraction of sp³-hybridized carbons (Fsp3) is 0.533. The van der Waals surface area contributed by atoms with Crippen LogP contribution in [0, 0.1) is 0 Å². The van der Waals surface area contributed by atoms with Crippen LogP contribution < -0.4 is 5.73 Å². The zero-order valence-corrected chi connectivity index (χ0v) is 11.2. The highest BCUT2D eigenvalue weighted by Crippen LogP contribution is 2.32. The highest BCUT2D eigenvalue weighted by atomic mass is 16.3. The lowest BCUT2D eigenvalue weighted by Gasteiger charge is -2.08. The first-order valence-electron chi connectivity index (χ1n) is 7.23. The Balaban J connectivity index is 1.64. The molecule has 0 aliphatic heterocycles. The number of hydrogen-bond donors (Lipinski definition) is 2. The molecule has 3 rings (SSSR count). The van der Waals surface area contributed by atoms with Gasteiger partial charge in [0.25, 0.3) is 0 Å². The summed E-state index contributed by atoms with van der Waals surface area (Å²) in [5.74, 6) is 2.19. The van der Waals surface area contributed by atoms with Crippen LogP contribution in [0.5, 0.6) is 0 Å². The van der Waals surface area contributed by atoms with Gasteiger partial charge in [0.1, 0.15) is 11.6 Å². The second-order valence-electron chi connectivity index (χ2n) is 5.22. The minimum absolute atomic E-state index is 0.804. The number of nitrogens with two attached hydrogens (primary N) is 1. The summed E-state index contributed by atoms with van der Waals surface area (Å²) in [4.78, 5) is 8.22. The van der Waals surface area contributed by atoms with Crippen molar-refractivity contribution in [3.05, 3.63) is 29.6 Å². The third-order valence-electron chi connectivity index (χ3n) is 3.80. The molecule has 0 radical (unpaired) electrons. The van der Waals surface area contributed by atoms with E-state index in [0.29, 0.717) is 0 Å². The summed E-state index contributed by atoms with van der Waals surface area (Å²) in [6.07, 6.45) is 9.56. The predicted octanol–water partition coefficient (Wildman–Crippen LogP) is 2.83. The van der Waals surface area contributed by atoms with E-state index in [-0.39, 0.29) is 0 Å². The number of nitrogens with one attached hydrogen (secondary N) is 1. The number of aryl methyl sites for hydroxylation is 3. The van der Waals surface area contributed by atoms with Crippen molar-refractivity contribution in [1.29, 1.82) is 0 Å². The van der Waals surface area contributed by atoms with Crippen molar-refractivity contribution >= 4 is 0 Å². The standard InChI is InChI=1S/C15H21N3O/c16-9-4-2-1-3-5-14-17-12-6-7-13-11(8-10-19-13)15(12)18-14/h8,10H,1-7,9,16H2,(H,17,18). The van der Waals surface area contributed by atoms with Gasteiger partial charge in [-0.25, -0.2) is 4.98 Å². The number of H-pyrrole nitrogens is 1. The smallest absolute Gasteiger partial charge is 0.113 e. The largest absolute Gasteiger partial charge is 0.469 e. The molecule has 4 heteroatoms. The van der Waals surface area contributed by atoms with E-state index >= 15 is 0 Å². The molecule has 0 fully saturated rings. The van der Waals surface area contributed by atoms with Gasteiger partial charge in [-0.3, -0.25) is 0 Å². The lowest BCUT2D eigenvalue weighted by atomic mass is 10.00. The van der Waals surface area contributed by atoms with Crippen LogP contribution in [0.2, 0.25) is 0 Å². The van der Waals surface area contributed by atoms with Gasteiger partial charge in [-0.2, -0.15) is 0 Å². The molecule has 0 amide bonds. The van der Waals surface area contributed by atoms with Crippen molar-refractivity contribution in [3.63, 3.8) is 0 Å². The summed E-state index contributed by atoms with van der Waals surface area (Å²) in [5, 5.41) is 0. The van der Waals surface area contributed by atoms with Gasteiger partial charge in [0.15, 0.2) is 0 Å². The molecule has 102 valence electrons. The quantitative estimate of drug-likeness (QED) is 0.784. The van der Waals surface area contributed by atoms with E-state index in [0.717, 1.165) is 49.5 Å². The summed E-state index contributed by atoms with van der Waals surface area (Å²) in [7, 11) is 0. The third kappa shape index (κ3) is 2.59. The van der Waals surface area contributed by atoms with E-state index in [1.165, 1.54) is 30.5 Å². The van der Waals surface area contributed by atoms with Crippen LogP contribution in [-0.2, 0) is 19.3 Å². The summed E-state index contributed by atoms with van der Waals surface area (Å²) in [5.41, 5.74) is 9.04. The van der Waals surface area contributed by atoms with E-state index in [9.17, 15) is 0 Å². The minimum Gasteiger partial charge on any atom is -0.469 e. The van der Waals surface area contributed by atoms with Crippen LogP contribution in [0.4, 0.5) is 0 Å². The first-order valence-corrected chi connectivity index (χ1v) is 7.23. The Hall–Kier alpha value is -1.55. The van der Waals surface area contributed by atoms with E-state index < -0.39 is 0 Å². The average molecular weight is 259 g/mol. The molecule has 2 heterocycles. The number of aromatic amines is 1. The Morgan fingerprint density at radius 1 is 1.21 bits per heavy atom. The number of aromatic nitrogens is 2. The number of hydrogen-bond acceptors (Lipinski definition) is 3. The normalized spacial score (nSPS) is 13.3. The molecular formula is C15H21N3O. The maximum absolute atomic E-state index is 5.50. The highest BCUT2D eigenvalue weighted by Gasteiger charge is 2.22. The summed E-state index contributed by atoms with van der Waals surface area (Å²) in [6.45, 7) is 0.804. The number of imidazole rings is 1. The highest BCUT2D eigenvalue weighted by molar-refractivity contribution is 5.66. The van der Waals surface area contributed by atoms with E-state index in [2.05, 4.69) is 4.98 Å². The van der Waals surface area contributed by atoms with Crippen molar-refractivity contribution < 1.29 is 4.42 Å². The van der Waals surface area contributed by atoms with Gasteiger partial charge in [0.2, 0.25) is 0 Å². The average Bonchev–Trinajstić information content (AvgIpc) is 3.03. The van der Waals surface area contributed by atoms with Crippen molar-refractivity contribution in [3.8, 4) is 11.3 Å². The molecule has 2 aromatic heterocycles. The zero-order valence-electron chi connectivity index (χ0n) is 11.2. The van der Waals surface area contributed by atoms with Crippen LogP contribution >= 0.6 is 0 Å². The Morgan fingerprint density at radius 3 is 3.00 bits per heavy atom. The third-order valence-corrected chi connectivity index (χ3v) is 3.80. The van der Waals surface area contributed by atoms with Crippen LogP contribution in [0.1, 0.15) is 43.0 Å². The minimum atomic E-state index is 0.804. The Labute approximate surface area is 113 Å². The lowest BCUT2D eigenvalue weighted by molar-refractivity contribution is 0.506. The number of nitrogens with zero attached hydrogens (tertiary/aromatic N) is 1. The first-order chi connectivity index (χ1) is 9.38. The summed E-state index contributed by atoms with van der Waals surface area (Å²) in [6, 6.07) is 2.03. The molecule has 0 unspecified atom stereocenters. The second kappa shape index (κ2) is 5.61. The van der Waals surface area contributed by atoms with Crippen LogP contribution in [0.3, 0.4) is 0 Å². The number of furan rings is 1. The van der Waals surface area contributed by atoms with Crippen molar-refractivity contribution in [2.75, 3.05) is 6.54 Å². The Bertz CT molecular complexity index is 541. The number of fused-ring (bicyclic) bond motifs is 3. The topological polar surface area (TPSA) is 67.8 Å². The Kier molecular flexibility index (Phi) is 3.69. The van der Waals surface area contributed by atoms with E-state index in [1.807, 2.05) is 6.07 Å². The van der Waals surface area contributed by atoms with Gasteiger partial charge in [-0.05, 0) is 31.9 Å². The summed E-state index contributed by atoms with van der Waals surface area (Å²) >= 11 is 0. The zero-order chi connectivity index (χ0) is 13.1. The van der Waals surface area contributed by atoms with Crippen LogP contribution in [-0.4, -0.2) is 16.5 Å². The number of rotatable bonds is 6. The molecule has 0 bridgehead atoms. The molecule has 0 saturated carbocycles. The molecule has 0 aromatic carbocycles. The van der Waals surface area contributed by atoms with Crippen LogP contribution in [0.15, 0.2) is 16.7 Å². The molecule has 0 atom stereocenters. The van der Waals surface area contributed by atoms with Gasteiger partial charge in [-0.15, -0.1) is 0 Å². The second-order valence-corrected chi connectivity index (χ2v) is 5.22. The Morgan fingerprint density at radius 2 is 2.11 bits per heavy atom.